The Hall–Kier alpha value is -1.07. The highest BCUT2D eigenvalue weighted by Gasteiger charge is 2.30. The van der Waals surface area contributed by atoms with Gasteiger partial charge in [0.25, 0.3) is 0 Å². The SMILES string of the molecule is NC(Cc1cccc(C(F)(F)F)c1)C1CCOCC1. The number of halogens is 3. The molecule has 0 radical (unpaired) electrons. The summed E-state index contributed by atoms with van der Waals surface area (Å²) in [4.78, 5) is 0. The molecule has 1 unspecified atom stereocenters. The average molecular weight is 273 g/mol. The van der Waals surface area contributed by atoms with Crippen molar-refractivity contribution in [2.45, 2.75) is 31.5 Å². The number of benzene rings is 1. The molecule has 2 N–H and O–H groups in total. The zero-order valence-corrected chi connectivity index (χ0v) is 10.6. The molecule has 2 nitrogen and oxygen atoms in total. The third-order valence-electron chi connectivity index (χ3n) is 3.60. The van der Waals surface area contributed by atoms with Crippen LogP contribution >= 0.6 is 0 Å². The largest absolute Gasteiger partial charge is 0.416 e. The fraction of sp³-hybridized carbons (Fsp3) is 0.571. The molecule has 0 saturated carbocycles. The Kier molecular flexibility index (Phi) is 4.47. The molecule has 2 rings (SSSR count). The molecule has 1 saturated heterocycles. The highest BCUT2D eigenvalue weighted by Crippen LogP contribution is 2.30. The molecule has 1 heterocycles. The van der Waals surface area contributed by atoms with E-state index in [2.05, 4.69) is 0 Å². The highest BCUT2D eigenvalue weighted by molar-refractivity contribution is 5.26. The predicted octanol–water partition coefficient (Wildman–Crippen LogP) is 3.00. The van der Waals surface area contributed by atoms with E-state index < -0.39 is 11.7 Å². The van der Waals surface area contributed by atoms with Gasteiger partial charge < -0.3 is 10.5 Å². The van der Waals surface area contributed by atoms with Crippen LogP contribution in [0.5, 0.6) is 0 Å². The van der Waals surface area contributed by atoms with E-state index in [0.717, 1.165) is 18.9 Å². The Labute approximate surface area is 110 Å². The van der Waals surface area contributed by atoms with Gasteiger partial charge in [0.05, 0.1) is 5.56 Å². The Morgan fingerprint density at radius 2 is 1.95 bits per heavy atom. The van der Waals surface area contributed by atoms with Crippen LogP contribution in [0.2, 0.25) is 0 Å². The second-order valence-corrected chi connectivity index (χ2v) is 5.02. The summed E-state index contributed by atoms with van der Waals surface area (Å²) in [6.45, 7) is 1.39. The smallest absolute Gasteiger partial charge is 0.381 e. The fourth-order valence-corrected chi connectivity index (χ4v) is 2.46. The molecule has 0 aliphatic carbocycles. The van der Waals surface area contributed by atoms with E-state index >= 15 is 0 Å². The molecule has 1 aromatic carbocycles. The van der Waals surface area contributed by atoms with Gasteiger partial charge in [-0.3, -0.25) is 0 Å². The van der Waals surface area contributed by atoms with Gasteiger partial charge in [-0.15, -0.1) is 0 Å². The van der Waals surface area contributed by atoms with Crippen LogP contribution in [0.15, 0.2) is 24.3 Å². The molecule has 5 heteroatoms. The van der Waals surface area contributed by atoms with Gasteiger partial charge in [0.2, 0.25) is 0 Å². The molecule has 19 heavy (non-hydrogen) atoms. The van der Waals surface area contributed by atoms with Gasteiger partial charge in [-0.05, 0) is 36.8 Å². The van der Waals surface area contributed by atoms with Crippen molar-refractivity contribution in [2.75, 3.05) is 13.2 Å². The van der Waals surface area contributed by atoms with E-state index in [-0.39, 0.29) is 6.04 Å². The minimum atomic E-state index is -4.29. The van der Waals surface area contributed by atoms with Crippen LogP contribution in [-0.4, -0.2) is 19.3 Å². The van der Waals surface area contributed by atoms with Crippen LogP contribution in [0, 0.1) is 5.92 Å². The van der Waals surface area contributed by atoms with Crippen molar-refractivity contribution in [3.8, 4) is 0 Å². The Morgan fingerprint density at radius 1 is 1.26 bits per heavy atom. The summed E-state index contributed by atoms with van der Waals surface area (Å²) in [6.07, 6.45) is -2.03. The summed E-state index contributed by atoms with van der Waals surface area (Å²) < 4.78 is 43.1. The summed E-state index contributed by atoms with van der Waals surface area (Å²) in [5.74, 6) is 0.336. The van der Waals surface area contributed by atoms with Gasteiger partial charge in [-0.25, -0.2) is 0 Å². The van der Waals surface area contributed by atoms with Crippen LogP contribution in [-0.2, 0) is 17.3 Å². The van der Waals surface area contributed by atoms with Crippen LogP contribution in [0.25, 0.3) is 0 Å². The lowest BCUT2D eigenvalue weighted by Crippen LogP contribution is -2.36. The van der Waals surface area contributed by atoms with E-state index in [1.54, 1.807) is 6.07 Å². The monoisotopic (exact) mass is 273 g/mol. The lowest BCUT2D eigenvalue weighted by atomic mass is 9.88. The fourth-order valence-electron chi connectivity index (χ4n) is 2.46. The van der Waals surface area contributed by atoms with Gasteiger partial charge in [-0.1, -0.05) is 18.2 Å². The van der Waals surface area contributed by atoms with Crippen molar-refractivity contribution in [1.29, 1.82) is 0 Å². The molecule has 1 atom stereocenters. The number of ether oxygens (including phenoxy) is 1. The van der Waals surface area contributed by atoms with Gasteiger partial charge in [0.15, 0.2) is 0 Å². The van der Waals surface area contributed by atoms with Gasteiger partial charge >= 0.3 is 6.18 Å². The zero-order chi connectivity index (χ0) is 13.9. The number of nitrogens with two attached hydrogens (primary N) is 1. The summed E-state index contributed by atoms with van der Waals surface area (Å²) in [5, 5.41) is 0. The maximum Gasteiger partial charge on any atom is 0.416 e. The first kappa shape index (κ1) is 14.3. The van der Waals surface area contributed by atoms with Crippen molar-refractivity contribution in [3.05, 3.63) is 35.4 Å². The minimum absolute atomic E-state index is 0.104. The molecule has 0 bridgehead atoms. The van der Waals surface area contributed by atoms with Gasteiger partial charge in [0.1, 0.15) is 0 Å². The van der Waals surface area contributed by atoms with Crippen LogP contribution in [0.3, 0.4) is 0 Å². The standard InChI is InChI=1S/C14H18F3NO/c15-14(16,17)12-3-1-2-10(8-12)9-13(18)11-4-6-19-7-5-11/h1-3,8,11,13H,4-7,9,18H2. The third-order valence-corrected chi connectivity index (χ3v) is 3.60. The minimum Gasteiger partial charge on any atom is -0.381 e. The molecule has 106 valence electrons. The Bertz CT molecular complexity index is 413. The van der Waals surface area contributed by atoms with E-state index in [1.807, 2.05) is 0 Å². The average Bonchev–Trinajstić information content (AvgIpc) is 2.39. The van der Waals surface area contributed by atoms with Crippen molar-refractivity contribution in [2.24, 2.45) is 11.7 Å². The Balaban J connectivity index is 2.02. The molecule has 1 fully saturated rings. The van der Waals surface area contributed by atoms with Crippen LogP contribution < -0.4 is 5.73 Å². The maximum atomic E-state index is 12.6. The summed E-state index contributed by atoms with van der Waals surface area (Å²) in [7, 11) is 0. The molecule has 1 aromatic rings. The molecule has 1 aliphatic rings. The number of rotatable bonds is 3. The van der Waals surface area contributed by atoms with E-state index in [0.29, 0.717) is 31.1 Å². The molecule has 1 aliphatic heterocycles. The predicted molar refractivity (Wildman–Crippen MR) is 66.7 cm³/mol. The van der Waals surface area contributed by atoms with E-state index in [1.165, 1.54) is 12.1 Å². The number of hydrogen-bond acceptors (Lipinski definition) is 2. The summed E-state index contributed by atoms with van der Waals surface area (Å²) in [5.41, 5.74) is 6.14. The second-order valence-electron chi connectivity index (χ2n) is 5.02. The first-order valence-corrected chi connectivity index (χ1v) is 6.46. The third kappa shape index (κ3) is 3.94. The van der Waals surface area contributed by atoms with Gasteiger partial charge in [0, 0.05) is 19.3 Å². The lowest BCUT2D eigenvalue weighted by Gasteiger charge is -2.27. The van der Waals surface area contributed by atoms with Gasteiger partial charge in [-0.2, -0.15) is 13.2 Å². The molecule has 0 amide bonds. The maximum absolute atomic E-state index is 12.6. The second kappa shape index (κ2) is 5.92. The van der Waals surface area contributed by atoms with Crippen molar-refractivity contribution >= 4 is 0 Å². The van der Waals surface area contributed by atoms with Crippen molar-refractivity contribution in [3.63, 3.8) is 0 Å². The first-order chi connectivity index (χ1) is 8.97. The number of hydrogen-bond donors (Lipinski definition) is 1. The number of alkyl halides is 3. The lowest BCUT2D eigenvalue weighted by molar-refractivity contribution is -0.137. The molecular weight excluding hydrogens is 255 g/mol. The van der Waals surface area contributed by atoms with Crippen molar-refractivity contribution < 1.29 is 17.9 Å². The molecule has 0 aromatic heterocycles. The molecule has 0 spiro atoms. The Morgan fingerprint density at radius 3 is 2.58 bits per heavy atom. The normalized spacial score (nSPS) is 19.4. The van der Waals surface area contributed by atoms with Crippen LogP contribution in [0.1, 0.15) is 24.0 Å². The van der Waals surface area contributed by atoms with Crippen LogP contribution in [0.4, 0.5) is 13.2 Å². The molecular formula is C14H18F3NO. The van der Waals surface area contributed by atoms with E-state index in [4.69, 9.17) is 10.5 Å². The first-order valence-electron chi connectivity index (χ1n) is 6.46. The van der Waals surface area contributed by atoms with E-state index in [9.17, 15) is 13.2 Å². The van der Waals surface area contributed by atoms with Crippen molar-refractivity contribution in [1.82, 2.24) is 0 Å². The highest BCUT2D eigenvalue weighted by atomic mass is 19.4. The zero-order valence-electron chi connectivity index (χ0n) is 10.6. The summed E-state index contributed by atoms with van der Waals surface area (Å²) >= 11 is 0. The quantitative estimate of drug-likeness (QED) is 0.918. The topological polar surface area (TPSA) is 35.2 Å². The summed E-state index contributed by atoms with van der Waals surface area (Å²) in [6, 6.07) is 5.32.